The Hall–Kier alpha value is -3.77. The minimum atomic E-state index is -1.21. The van der Waals surface area contributed by atoms with Crippen LogP contribution < -0.4 is 4.74 Å². The van der Waals surface area contributed by atoms with Gasteiger partial charge in [-0.3, -0.25) is 0 Å². The molecule has 3 aliphatic rings. The minimum absolute atomic E-state index is 0.0185. The van der Waals surface area contributed by atoms with Gasteiger partial charge in [-0.2, -0.15) is 0 Å². The molecule has 1 aliphatic carbocycles. The highest BCUT2D eigenvalue weighted by Gasteiger charge is 2.59. The molecule has 0 saturated carbocycles. The molecule has 3 aromatic carbocycles. The molecular weight excluding hydrogens is 492 g/mol. The second-order valence-electron chi connectivity index (χ2n) is 9.19. The maximum atomic E-state index is 13.1. The topological polar surface area (TPSA) is 93.1 Å². The van der Waals surface area contributed by atoms with Gasteiger partial charge in [0.2, 0.25) is 0 Å². The average molecular weight is 519 g/mol. The van der Waals surface area contributed by atoms with E-state index in [1.807, 2.05) is 44.2 Å². The number of ketones is 1. The highest BCUT2D eigenvalue weighted by Crippen LogP contribution is 2.57. The van der Waals surface area contributed by atoms with Gasteiger partial charge in [0.25, 0.3) is 0 Å². The molecule has 6 rings (SSSR count). The number of phenols is 1. The highest BCUT2D eigenvalue weighted by atomic mass is 35.5. The number of esters is 1. The van der Waals surface area contributed by atoms with E-state index in [-0.39, 0.29) is 28.7 Å². The zero-order valence-corrected chi connectivity index (χ0v) is 21.5. The predicted octanol–water partition coefficient (Wildman–Crippen LogP) is 6.77. The lowest BCUT2D eigenvalue weighted by molar-refractivity contribution is -0.116. The van der Waals surface area contributed by atoms with Gasteiger partial charge in [0.05, 0.1) is 16.5 Å². The number of phenolic OH excluding ortho intramolecular Hbond substituents is 1. The van der Waals surface area contributed by atoms with Crippen LogP contribution in [0.5, 0.6) is 11.5 Å². The molecule has 2 heterocycles. The molecule has 0 fully saturated rings. The van der Waals surface area contributed by atoms with Crippen LogP contribution >= 0.6 is 11.6 Å². The average Bonchev–Trinajstić information content (AvgIpc) is 3.18. The van der Waals surface area contributed by atoms with Crippen molar-refractivity contribution < 1.29 is 29.3 Å². The molecule has 3 aromatic rings. The van der Waals surface area contributed by atoms with E-state index in [2.05, 4.69) is 0 Å². The third kappa shape index (κ3) is 3.78. The van der Waals surface area contributed by atoms with Crippen LogP contribution in [0.25, 0.3) is 10.8 Å². The van der Waals surface area contributed by atoms with Crippen molar-refractivity contribution in [3.8, 4) is 11.5 Å². The van der Waals surface area contributed by atoms with Crippen molar-refractivity contribution in [3.05, 3.63) is 93.7 Å². The lowest BCUT2D eigenvalue weighted by Gasteiger charge is -2.45. The molecule has 6 nitrogen and oxygen atoms in total. The number of carbonyl (C=O) groups excluding carboxylic acids is 2. The standard InChI is InChI=1S/C28H21ClO6.C2H6/c1-14(30)6-7-16-10-21-25(13-23(16)31)34-26-18-12-22(29)24(32)11-15(18)8-9-20(26)28(21)19-5-3-2-4-17(19)27(33)35-28;1-2/h2-5,8-13,21,25,31-32H,6-7H2,1H3;1-2H3. The van der Waals surface area contributed by atoms with Gasteiger partial charge in [0.15, 0.2) is 5.60 Å². The third-order valence-electron chi connectivity index (χ3n) is 7.09. The Bertz CT molecular complexity index is 1500. The summed E-state index contributed by atoms with van der Waals surface area (Å²) in [6.07, 6.45) is 3.48. The van der Waals surface area contributed by atoms with Crippen LogP contribution in [0.2, 0.25) is 5.02 Å². The van der Waals surface area contributed by atoms with E-state index in [0.717, 1.165) is 0 Å². The number of carbonyl (C=O) groups is 2. The number of aromatic hydroxyl groups is 1. The summed E-state index contributed by atoms with van der Waals surface area (Å²) < 4.78 is 12.7. The largest absolute Gasteiger partial charge is 0.508 e. The maximum absolute atomic E-state index is 13.1. The lowest BCUT2D eigenvalue weighted by atomic mass is 9.68. The predicted molar refractivity (Wildman–Crippen MR) is 141 cm³/mol. The van der Waals surface area contributed by atoms with Gasteiger partial charge in [0, 0.05) is 22.9 Å². The number of halogens is 1. The summed E-state index contributed by atoms with van der Waals surface area (Å²) in [6.45, 7) is 5.51. The first-order valence-electron chi connectivity index (χ1n) is 12.4. The van der Waals surface area contributed by atoms with Crippen molar-refractivity contribution in [1.82, 2.24) is 0 Å². The maximum Gasteiger partial charge on any atom is 0.339 e. The van der Waals surface area contributed by atoms with Gasteiger partial charge >= 0.3 is 5.97 Å². The molecule has 0 radical (unpaired) electrons. The number of hydrogen-bond donors (Lipinski definition) is 2. The van der Waals surface area contributed by atoms with Crippen LogP contribution in [-0.4, -0.2) is 28.1 Å². The van der Waals surface area contributed by atoms with E-state index in [1.54, 1.807) is 30.3 Å². The minimum Gasteiger partial charge on any atom is -0.508 e. The third-order valence-corrected chi connectivity index (χ3v) is 7.40. The van der Waals surface area contributed by atoms with E-state index >= 15 is 0 Å². The highest BCUT2D eigenvalue weighted by molar-refractivity contribution is 6.33. The molecule has 0 saturated heterocycles. The van der Waals surface area contributed by atoms with Crippen LogP contribution in [0.4, 0.5) is 0 Å². The smallest absolute Gasteiger partial charge is 0.339 e. The number of benzene rings is 3. The van der Waals surface area contributed by atoms with Crippen LogP contribution in [0.3, 0.4) is 0 Å². The Balaban J connectivity index is 0.00000137. The fourth-order valence-corrected chi connectivity index (χ4v) is 5.64. The summed E-state index contributed by atoms with van der Waals surface area (Å²) in [6, 6.07) is 14.1. The zero-order valence-electron chi connectivity index (χ0n) is 20.7. The molecule has 190 valence electrons. The van der Waals surface area contributed by atoms with Crippen LogP contribution in [-0.2, 0) is 15.1 Å². The first-order chi connectivity index (χ1) is 17.8. The summed E-state index contributed by atoms with van der Waals surface area (Å²) in [7, 11) is 0. The second kappa shape index (κ2) is 9.27. The lowest BCUT2D eigenvalue weighted by Crippen LogP contribution is -2.49. The Kier molecular flexibility index (Phi) is 6.24. The SMILES string of the molecule is CC.CC(=O)CCC1=CC2C(C=C1O)Oc1c(ccc3cc(O)c(Cl)cc13)C21OC(=O)c2ccccc21. The Morgan fingerprint density at radius 2 is 1.81 bits per heavy atom. The summed E-state index contributed by atoms with van der Waals surface area (Å²) in [5, 5.41) is 22.4. The molecule has 2 N–H and O–H groups in total. The number of allylic oxidation sites excluding steroid dienone is 1. The summed E-state index contributed by atoms with van der Waals surface area (Å²) in [5.41, 5.74) is 1.25. The molecule has 1 spiro atoms. The van der Waals surface area contributed by atoms with Crippen LogP contribution in [0.1, 0.15) is 55.1 Å². The van der Waals surface area contributed by atoms with E-state index in [9.17, 15) is 19.8 Å². The molecule has 37 heavy (non-hydrogen) atoms. The molecule has 3 atom stereocenters. The van der Waals surface area contributed by atoms with Gasteiger partial charge in [-0.25, -0.2) is 4.79 Å². The number of hydrogen-bond acceptors (Lipinski definition) is 6. The van der Waals surface area contributed by atoms with Gasteiger partial charge in [0.1, 0.15) is 29.1 Å². The van der Waals surface area contributed by atoms with Crippen LogP contribution in [0, 0.1) is 5.92 Å². The van der Waals surface area contributed by atoms with Gasteiger partial charge < -0.3 is 24.5 Å². The molecule has 7 heteroatoms. The number of aliphatic hydroxyl groups excluding tert-OH is 1. The quantitative estimate of drug-likeness (QED) is 0.372. The summed E-state index contributed by atoms with van der Waals surface area (Å²) in [5.74, 6) is -0.433. The fraction of sp³-hybridized carbons (Fsp3) is 0.267. The molecule has 2 aliphatic heterocycles. The van der Waals surface area contributed by atoms with E-state index in [1.165, 1.54) is 6.92 Å². The number of ether oxygens (including phenoxy) is 2. The second-order valence-corrected chi connectivity index (χ2v) is 9.60. The number of Topliss-reactive ketones (excluding diaryl/α,β-unsaturated/α-hetero) is 1. The van der Waals surface area contributed by atoms with Crippen molar-refractivity contribution >= 4 is 34.1 Å². The monoisotopic (exact) mass is 518 g/mol. The normalized spacial score (nSPS) is 23.0. The number of rotatable bonds is 3. The number of aliphatic hydroxyl groups is 1. The molecular formula is C30H27ClO6. The Labute approximate surface area is 219 Å². The molecule has 3 unspecified atom stereocenters. The van der Waals surface area contributed by atoms with Gasteiger partial charge in [-0.1, -0.05) is 61.9 Å². The Morgan fingerprint density at radius 3 is 2.57 bits per heavy atom. The van der Waals surface area contributed by atoms with Crippen molar-refractivity contribution in [2.24, 2.45) is 5.92 Å². The van der Waals surface area contributed by atoms with E-state index in [0.29, 0.717) is 45.2 Å². The van der Waals surface area contributed by atoms with Gasteiger partial charge in [-0.05, 0) is 48.6 Å². The Morgan fingerprint density at radius 1 is 1.05 bits per heavy atom. The zero-order chi connectivity index (χ0) is 26.5. The van der Waals surface area contributed by atoms with E-state index in [4.69, 9.17) is 21.1 Å². The molecule has 0 amide bonds. The first kappa shape index (κ1) is 24.9. The van der Waals surface area contributed by atoms with Crippen LogP contribution in [0.15, 0.2) is 72.0 Å². The first-order valence-corrected chi connectivity index (χ1v) is 12.7. The molecule has 0 aromatic heterocycles. The molecule has 0 bridgehead atoms. The van der Waals surface area contributed by atoms with Crippen molar-refractivity contribution in [2.75, 3.05) is 0 Å². The summed E-state index contributed by atoms with van der Waals surface area (Å²) in [4.78, 5) is 24.7. The summed E-state index contributed by atoms with van der Waals surface area (Å²) >= 11 is 6.25. The van der Waals surface area contributed by atoms with Crippen molar-refractivity contribution in [2.45, 2.75) is 45.3 Å². The van der Waals surface area contributed by atoms with Crippen molar-refractivity contribution in [1.29, 1.82) is 0 Å². The van der Waals surface area contributed by atoms with Crippen molar-refractivity contribution in [3.63, 3.8) is 0 Å². The van der Waals surface area contributed by atoms with Gasteiger partial charge in [-0.15, -0.1) is 0 Å². The fourth-order valence-electron chi connectivity index (χ4n) is 5.47. The van der Waals surface area contributed by atoms with E-state index < -0.39 is 23.6 Å². The number of fused-ring (bicyclic) bond motifs is 8.